The number of carbonyl (C=O) groups excluding carboxylic acids is 1. The lowest BCUT2D eigenvalue weighted by Crippen LogP contribution is -2.54. The van der Waals surface area contributed by atoms with E-state index >= 15 is 0 Å². The third kappa shape index (κ3) is 2.96. The Hall–Kier alpha value is -1.66. The number of ether oxygens (including phenoxy) is 1. The summed E-state index contributed by atoms with van der Waals surface area (Å²) in [6.45, 7) is 2.20. The van der Waals surface area contributed by atoms with Gasteiger partial charge >= 0.3 is 0 Å². The summed E-state index contributed by atoms with van der Waals surface area (Å²) in [5.41, 5.74) is 0.519. The van der Waals surface area contributed by atoms with Gasteiger partial charge in [-0.2, -0.15) is 0 Å². The van der Waals surface area contributed by atoms with Crippen molar-refractivity contribution in [1.29, 1.82) is 0 Å². The number of piperazine rings is 1. The van der Waals surface area contributed by atoms with Crippen LogP contribution in [0.15, 0.2) is 18.2 Å². The zero-order valence-corrected chi connectivity index (χ0v) is 10.1. The molecule has 0 saturated carbocycles. The van der Waals surface area contributed by atoms with E-state index in [1.165, 1.54) is 25.3 Å². The minimum Gasteiger partial charge on any atom is -0.494 e. The minimum absolute atomic E-state index is 0.113. The van der Waals surface area contributed by atoms with Gasteiger partial charge in [-0.25, -0.2) is 4.39 Å². The highest BCUT2D eigenvalue weighted by Crippen LogP contribution is 2.21. The lowest BCUT2D eigenvalue weighted by molar-refractivity contribution is -0.118. The molecular formula is C12H16FN3O2. The second kappa shape index (κ2) is 5.79. The summed E-state index contributed by atoms with van der Waals surface area (Å²) >= 11 is 0. The van der Waals surface area contributed by atoms with Crippen molar-refractivity contribution in [2.75, 3.05) is 32.1 Å². The summed E-state index contributed by atoms with van der Waals surface area (Å²) in [5, 5.41) is 8.95. The molecule has 1 aliphatic heterocycles. The molecule has 2 rings (SSSR count). The van der Waals surface area contributed by atoms with Crippen LogP contribution in [0.2, 0.25) is 0 Å². The fourth-order valence-electron chi connectivity index (χ4n) is 1.81. The number of rotatable bonds is 3. The highest BCUT2D eigenvalue weighted by atomic mass is 19.1. The average molecular weight is 253 g/mol. The first-order valence-corrected chi connectivity index (χ1v) is 5.79. The molecule has 1 fully saturated rings. The van der Waals surface area contributed by atoms with Gasteiger partial charge in [0.15, 0.2) is 11.6 Å². The maximum atomic E-state index is 13.2. The maximum absolute atomic E-state index is 13.2. The van der Waals surface area contributed by atoms with Crippen LogP contribution in [0.25, 0.3) is 0 Å². The van der Waals surface area contributed by atoms with Crippen molar-refractivity contribution in [2.45, 2.75) is 6.04 Å². The van der Waals surface area contributed by atoms with Gasteiger partial charge in [0.25, 0.3) is 0 Å². The second-order valence-corrected chi connectivity index (χ2v) is 4.05. The van der Waals surface area contributed by atoms with Crippen LogP contribution in [0.1, 0.15) is 0 Å². The fraction of sp³-hybridized carbons (Fsp3) is 0.417. The average Bonchev–Trinajstić information content (AvgIpc) is 2.42. The summed E-state index contributed by atoms with van der Waals surface area (Å²) in [6, 6.07) is 3.96. The highest BCUT2D eigenvalue weighted by molar-refractivity contribution is 5.95. The summed E-state index contributed by atoms with van der Waals surface area (Å²) in [6.07, 6.45) is 0. The molecule has 1 saturated heterocycles. The molecule has 1 heterocycles. The number of halogens is 1. The van der Waals surface area contributed by atoms with Crippen molar-refractivity contribution in [1.82, 2.24) is 10.6 Å². The SMILES string of the molecule is COc1cc(NC(=O)C2CNCCN2)ccc1F. The molecule has 1 aliphatic rings. The molecular weight excluding hydrogens is 237 g/mol. The van der Waals surface area contributed by atoms with Crippen LogP contribution in [0.4, 0.5) is 10.1 Å². The van der Waals surface area contributed by atoms with Crippen LogP contribution < -0.4 is 20.7 Å². The van der Waals surface area contributed by atoms with E-state index in [4.69, 9.17) is 4.74 Å². The monoisotopic (exact) mass is 253 g/mol. The van der Waals surface area contributed by atoms with Crippen molar-refractivity contribution in [3.05, 3.63) is 24.0 Å². The predicted octanol–water partition coefficient (Wildman–Crippen LogP) is 0.334. The number of amides is 1. The van der Waals surface area contributed by atoms with Gasteiger partial charge in [0.1, 0.15) is 0 Å². The molecule has 0 spiro atoms. The first kappa shape index (κ1) is 12.8. The molecule has 1 unspecified atom stereocenters. The Balaban J connectivity index is 2.02. The molecule has 5 nitrogen and oxygen atoms in total. The molecule has 0 radical (unpaired) electrons. The van der Waals surface area contributed by atoms with Gasteiger partial charge in [-0.05, 0) is 12.1 Å². The Morgan fingerprint density at radius 2 is 2.33 bits per heavy atom. The van der Waals surface area contributed by atoms with Crippen molar-refractivity contribution < 1.29 is 13.9 Å². The first-order chi connectivity index (χ1) is 8.70. The van der Waals surface area contributed by atoms with Gasteiger partial charge in [-0.3, -0.25) is 4.79 Å². The van der Waals surface area contributed by atoms with Crippen LogP contribution in [0.3, 0.4) is 0 Å². The molecule has 1 amide bonds. The number of hydrogen-bond donors (Lipinski definition) is 3. The van der Waals surface area contributed by atoms with Gasteiger partial charge < -0.3 is 20.7 Å². The second-order valence-electron chi connectivity index (χ2n) is 4.05. The molecule has 1 atom stereocenters. The van der Waals surface area contributed by atoms with Gasteiger partial charge in [0.05, 0.1) is 13.2 Å². The summed E-state index contributed by atoms with van der Waals surface area (Å²) in [4.78, 5) is 11.9. The first-order valence-electron chi connectivity index (χ1n) is 5.79. The van der Waals surface area contributed by atoms with Gasteiger partial charge in [-0.15, -0.1) is 0 Å². The standard InChI is InChI=1S/C12H16FN3O2/c1-18-11-6-8(2-3-9(11)13)16-12(17)10-7-14-4-5-15-10/h2-3,6,10,14-15H,4-5,7H2,1H3,(H,16,17). The largest absolute Gasteiger partial charge is 0.494 e. The van der Waals surface area contributed by atoms with Crippen molar-refractivity contribution in [2.24, 2.45) is 0 Å². The van der Waals surface area contributed by atoms with E-state index in [9.17, 15) is 9.18 Å². The molecule has 3 N–H and O–H groups in total. The molecule has 0 aliphatic carbocycles. The van der Waals surface area contributed by atoms with E-state index in [-0.39, 0.29) is 17.7 Å². The molecule has 0 aromatic heterocycles. The third-order valence-electron chi connectivity index (χ3n) is 2.78. The Morgan fingerprint density at radius 3 is 3.00 bits per heavy atom. The Kier molecular flexibility index (Phi) is 4.11. The lowest BCUT2D eigenvalue weighted by Gasteiger charge is -2.23. The highest BCUT2D eigenvalue weighted by Gasteiger charge is 2.20. The summed E-state index contributed by atoms with van der Waals surface area (Å²) in [5.74, 6) is -0.480. The quantitative estimate of drug-likeness (QED) is 0.726. The van der Waals surface area contributed by atoms with E-state index in [0.29, 0.717) is 12.2 Å². The Bertz CT molecular complexity index is 433. The van der Waals surface area contributed by atoms with Crippen LogP contribution >= 0.6 is 0 Å². The molecule has 0 bridgehead atoms. The molecule has 98 valence electrons. The molecule has 1 aromatic carbocycles. The number of carbonyl (C=O) groups is 1. The zero-order chi connectivity index (χ0) is 13.0. The van der Waals surface area contributed by atoms with E-state index < -0.39 is 5.82 Å². The topological polar surface area (TPSA) is 62.4 Å². The van der Waals surface area contributed by atoms with E-state index in [0.717, 1.165) is 13.1 Å². The van der Waals surface area contributed by atoms with Crippen molar-refractivity contribution in [3.8, 4) is 5.75 Å². The van der Waals surface area contributed by atoms with Crippen molar-refractivity contribution >= 4 is 11.6 Å². The van der Waals surface area contributed by atoms with E-state index in [1.807, 2.05) is 0 Å². The maximum Gasteiger partial charge on any atom is 0.242 e. The van der Waals surface area contributed by atoms with Crippen LogP contribution in [-0.4, -0.2) is 38.7 Å². The number of anilines is 1. The number of nitrogens with one attached hydrogen (secondary N) is 3. The molecule has 1 aromatic rings. The normalized spacial score (nSPS) is 19.3. The summed E-state index contributed by atoms with van der Waals surface area (Å²) < 4.78 is 18.1. The third-order valence-corrected chi connectivity index (χ3v) is 2.78. The fourth-order valence-corrected chi connectivity index (χ4v) is 1.81. The van der Waals surface area contributed by atoms with Gasteiger partial charge in [0.2, 0.25) is 5.91 Å². The zero-order valence-electron chi connectivity index (χ0n) is 10.1. The predicted molar refractivity (Wildman–Crippen MR) is 66.2 cm³/mol. The van der Waals surface area contributed by atoms with Crippen LogP contribution in [0, 0.1) is 5.82 Å². The van der Waals surface area contributed by atoms with Crippen LogP contribution in [-0.2, 0) is 4.79 Å². The van der Waals surface area contributed by atoms with E-state index in [2.05, 4.69) is 16.0 Å². The number of hydrogen-bond acceptors (Lipinski definition) is 4. The molecule has 18 heavy (non-hydrogen) atoms. The Morgan fingerprint density at radius 1 is 1.50 bits per heavy atom. The lowest BCUT2D eigenvalue weighted by atomic mass is 10.2. The minimum atomic E-state index is -0.451. The summed E-state index contributed by atoms with van der Waals surface area (Å²) in [7, 11) is 1.39. The van der Waals surface area contributed by atoms with E-state index in [1.54, 1.807) is 0 Å². The Labute approximate surface area is 105 Å². The number of methoxy groups -OCH3 is 1. The van der Waals surface area contributed by atoms with Crippen molar-refractivity contribution in [3.63, 3.8) is 0 Å². The van der Waals surface area contributed by atoms with Crippen LogP contribution in [0.5, 0.6) is 5.75 Å². The van der Waals surface area contributed by atoms with Gasteiger partial charge in [-0.1, -0.05) is 0 Å². The smallest absolute Gasteiger partial charge is 0.242 e. The number of benzene rings is 1. The van der Waals surface area contributed by atoms with Gasteiger partial charge in [0, 0.05) is 31.4 Å². The molecule has 6 heteroatoms.